The molecule has 0 radical (unpaired) electrons. The van der Waals surface area contributed by atoms with E-state index in [1.807, 2.05) is 6.07 Å². The Bertz CT molecular complexity index is 934. The van der Waals surface area contributed by atoms with Crippen molar-refractivity contribution < 1.29 is 19.9 Å². The number of aromatic nitrogens is 1. The van der Waals surface area contributed by atoms with E-state index in [4.69, 9.17) is 5.21 Å². The molecule has 0 fully saturated rings. The molecule has 0 bridgehead atoms. The largest absolute Gasteiger partial charge is 0.363 e. The third-order valence-corrected chi connectivity index (χ3v) is 3.59. The Balaban J connectivity index is 2.05. The summed E-state index contributed by atoms with van der Waals surface area (Å²) in [5, 5.41) is 20.9. The van der Waals surface area contributed by atoms with Crippen LogP contribution in [0.5, 0.6) is 0 Å². The molecule has 0 aliphatic rings. The summed E-state index contributed by atoms with van der Waals surface area (Å²) in [5.74, 6) is 9.34. The number of rotatable bonds is 4. The first-order valence-corrected chi connectivity index (χ1v) is 8.00. The zero-order valence-corrected chi connectivity index (χ0v) is 14.5. The molecule has 2 aromatic rings. The number of carbonyl (C=O) groups is 2. The van der Waals surface area contributed by atoms with Crippen molar-refractivity contribution in [2.24, 2.45) is 0 Å². The maximum absolute atomic E-state index is 12.2. The average molecular weight is 363 g/mol. The van der Waals surface area contributed by atoms with Crippen molar-refractivity contribution in [1.82, 2.24) is 15.8 Å². The van der Waals surface area contributed by atoms with E-state index in [0.717, 1.165) is 5.56 Å². The number of aliphatic hydroxyl groups is 1. The van der Waals surface area contributed by atoms with Crippen LogP contribution in [0, 0.1) is 23.7 Å². The van der Waals surface area contributed by atoms with Crippen LogP contribution >= 0.6 is 0 Å². The lowest BCUT2D eigenvalue weighted by atomic mass is 10.1. The number of pyridine rings is 1. The summed E-state index contributed by atoms with van der Waals surface area (Å²) < 4.78 is 0. The first kappa shape index (κ1) is 19.7. The number of amides is 2. The van der Waals surface area contributed by atoms with Crippen LogP contribution in [-0.2, 0) is 4.79 Å². The summed E-state index contributed by atoms with van der Waals surface area (Å²) in [6.07, 6.45) is 3.17. The molecule has 0 saturated carbocycles. The van der Waals surface area contributed by atoms with E-state index in [9.17, 15) is 14.7 Å². The number of hydrogen-bond acceptors (Lipinski definition) is 5. The number of benzene rings is 1. The van der Waals surface area contributed by atoms with Crippen molar-refractivity contribution in [2.75, 3.05) is 0 Å². The van der Waals surface area contributed by atoms with E-state index >= 15 is 0 Å². The average Bonchev–Trinajstić information content (AvgIpc) is 2.71. The Morgan fingerprint density at radius 1 is 1.11 bits per heavy atom. The van der Waals surface area contributed by atoms with Gasteiger partial charge in [-0.2, -0.15) is 0 Å². The third-order valence-electron chi connectivity index (χ3n) is 3.59. The van der Waals surface area contributed by atoms with Crippen molar-refractivity contribution in [3.8, 4) is 23.7 Å². The molecule has 7 heteroatoms. The molecule has 0 saturated heterocycles. The van der Waals surface area contributed by atoms with Gasteiger partial charge in [0, 0.05) is 35.5 Å². The van der Waals surface area contributed by atoms with Gasteiger partial charge < -0.3 is 10.4 Å². The first-order valence-electron chi connectivity index (χ1n) is 8.00. The molecule has 1 aromatic heterocycles. The molecule has 2 rings (SSSR count). The normalized spacial score (nSPS) is 11.7. The second-order valence-electron chi connectivity index (χ2n) is 5.43. The maximum Gasteiger partial charge on any atom is 0.296 e. The van der Waals surface area contributed by atoms with E-state index < -0.39 is 17.5 Å². The number of carbonyl (C=O) groups excluding carboxylic acids is 2. The van der Waals surface area contributed by atoms with Gasteiger partial charge in [0.25, 0.3) is 11.8 Å². The molecule has 1 heterocycles. The summed E-state index contributed by atoms with van der Waals surface area (Å²) in [5.41, 5.74) is 0.747. The van der Waals surface area contributed by atoms with Gasteiger partial charge in [0.2, 0.25) is 5.72 Å². The Hall–Kier alpha value is -3.65. The maximum atomic E-state index is 12.2. The minimum absolute atomic E-state index is 0.121. The van der Waals surface area contributed by atoms with Gasteiger partial charge in [0.05, 0.1) is 0 Å². The third kappa shape index (κ3) is 5.41. The van der Waals surface area contributed by atoms with E-state index in [2.05, 4.69) is 34.0 Å². The number of nitrogens with one attached hydrogen (secondary N) is 2. The minimum atomic E-state index is -2.20. The Morgan fingerprint density at radius 3 is 2.33 bits per heavy atom. The summed E-state index contributed by atoms with van der Waals surface area (Å²) in [6, 6.07) is 9.84. The van der Waals surface area contributed by atoms with Gasteiger partial charge in [-0.25, -0.2) is 5.48 Å². The fourth-order valence-electron chi connectivity index (χ4n) is 2.01. The lowest BCUT2D eigenvalue weighted by Crippen LogP contribution is -2.58. The molecule has 0 unspecified atom stereocenters. The second-order valence-corrected chi connectivity index (χ2v) is 5.43. The van der Waals surface area contributed by atoms with E-state index in [-0.39, 0.29) is 12.0 Å². The van der Waals surface area contributed by atoms with Crippen molar-refractivity contribution in [1.29, 1.82) is 0 Å². The Kier molecular flexibility index (Phi) is 6.67. The summed E-state index contributed by atoms with van der Waals surface area (Å²) in [4.78, 5) is 27.6. The summed E-state index contributed by atoms with van der Waals surface area (Å²) >= 11 is 0. The fourth-order valence-corrected chi connectivity index (χ4v) is 2.01. The Morgan fingerprint density at radius 2 is 1.78 bits per heavy atom. The second kappa shape index (κ2) is 9.16. The highest BCUT2D eigenvalue weighted by Crippen LogP contribution is 2.09. The van der Waals surface area contributed by atoms with Crippen LogP contribution in [0.2, 0.25) is 0 Å². The SMILES string of the molecule is CC[C@@](O)(NC(=O)c1ccc(C#CC#Cc2cccnc2)cc1)C(=O)NO. The minimum Gasteiger partial charge on any atom is -0.363 e. The van der Waals surface area contributed by atoms with Crippen molar-refractivity contribution in [3.05, 3.63) is 65.5 Å². The van der Waals surface area contributed by atoms with Gasteiger partial charge in [-0.15, -0.1) is 0 Å². The molecule has 0 aliphatic heterocycles. The smallest absolute Gasteiger partial charge is 0.296 e. The highest BCUT2D eigenvalue weighted by molar-refractivity contribution is 5.98. The molecule has 0 spiro atoms. The summed E-state index contributed by atoms with van der Waals surface area (Å²) in [7, 11) is 0. The van der Waals surface area contributed by atoms with E-state index in [1.54, 1.807) is 30.6 Å². The molecule has 1 atom stereocenters. The predicted molar refractivity (Wildman–Crippen MR) is 97.1 cm³/mol. The van der Waals surface area contributed by atoms with E-state index in [1.165, 1.54) is 24.5 Å². The number of hydroxylamine groups is 1. The molecule has 7 nitrogen and oxygen atoms in total. The standard InChI is InChI=1S/C20H17N3O4/c1-2-20(26,19(25)23-27)22-18(24)17-11-9-15(10-12-17)6-3-4-7-16-8-5-13-21-14-16/h5,8-14,26-27H,2H2,1H3,(H,22,24)(H,23,25)/t20-/m0/s1. The highest BCUT2D eigenvalue weighted by atomic mass is 16.5. The zero-order chi connectivity index (χ0) is 19.7. The van der Waals surface area contributed by atoms with Gasteiger partial charge in [-0.1, -0.05) is 18.8 Å². The van der Waals surface area contributed by atoms with Crippen LogP contribution in [0.4, 0.5) is 0 Å². The zero-order valence-electron chi connectivity index (χ0n) is 14.5. The lowest BCUT2D eigenvalue weighted by Gasteiger charge is -2.25. The quantitative estimate of drug-likeness (QED) is 0.278. The van der Waals surface area contributed by atoms with Crippen molar-refractivity contribution >= 4 is 11.8 Å². The molecular weight excluding hydrogens is 346 g/mol. The van der Waals surface area contributed by atoms with Crippen molar-refractivity contribution in [3.63, 3.8) is 0 Å². The van der Waals surface area contributed by atoms with Crippen LogP contribution in [0.15, 0.2) is 48.8 Å². The van der Waals surface area contributed by atoms with Crippen LogP contribution in [0.1, 0.15) is 34.8 Å². The molecule has 136 valence electrons. The van der Waals surface area contributed by atoms with Gasteiger partial charge in [0.1, 0.15) is 0 Å². The molecule has 0 aliphatic carbocycles. The monoisotopic (exact) mass is 363 g/mol. The molecular formula is C20H17N3O4. The Labute approximate surface area is 156 Å². The van der Waals surface area contributed by atoms with E-state index in [0.29, 0.717) is 5.56 Å². The predicted octanol–water partition coefficient (Wildman–Crippen LogP) is 0.819. The molecule has 2 amide bonds. The summed E-state index contributed by atoms with van der Waals surface area (Å²) in [6.45, 7) is 1.49. The molecule has 4 N–H and O–H groups in total. The van der Waals surface area contributed by atoms with Gasteiger partial charge in [-0.3, -0.25) is 19.8 Å². The number of nitrogens with zero attached hydrogens (tertiary/aromatic N) is 1. The van der Waals surface area contributed by atoms with Gasteiger partial charge >= 0.3 is 0 Å². The fraction of sp³-hybridized carbons (Fsp3) is 0.150. The van der Waals surface area contributed by atoms with Gasteiger partial charge in [0.15, 0.2) is 0 Å². The van der Waals surface area contributed by atoms with Crippen molar-refractivity contribution in [2.45, 2.75) is 19.1 Å². The topological polar surface area (TPSA) is 112 Å². The van der Waals surface area contributed by atoms with Crippen LogP contribution in [0.25, 0.3) is 0 Å². The molecule has 1 aromatic carbocycles. The lowest BCUT2D eigenvalue weighted by molar-refractivity contribution is -0.151. The number of hydrogen-bond donors (Lipinski definition) is 4. The van der Waals surface area contributed by atoms with Crippen LogP contribution < -0.4 is 10.8 Å². The molecule has 27 heavy (non-hydrogen) atoms. The van der Waals surface area contributed by atoms with Gasteiger partial charge in [-0.05, 0) is 48.2 Å². The first-order chi connectivity index (χ1) is 13.0. The van der Waals surface area contributed by atoms with Crippen LogP contribution in [-0.4, -0.2) is 32.8 Å². The highest BCUT2D eigenvalue weighted by Gasteiger charge is 2.35. The van der Waals surface area contributed by atoms with Crippen LogP contribution in [0.3, 0.4) is 0 Å².